The number of aromatic nitrogens is 2. The zero-order chi connectivity index (χ0) is 19.8. The quantitative estimate of drug-likeness (QED) is 0.391. The number of hydrogen-bond donors (Lipinski definition) is 3. The molecule has 0 aliphatic rings. The molecular weight excluding hydrogens is 344 g/mol. The van der Waals surface area contributed by atoms with Crippen molar-refractivity contribution in [1.82, 2.24) is 20.4 Å². The topological polar surface area (TPSA) is 92.6 Å². The molecular formula is C19H28N6O2. The van der Waals surface area contributed by atoms with Crippen LogP contribution in [0.1, 0.15) is 23.9 Å². The Kier molecular flexibility index (Phi) is 7.22. The lowest BCUT2D eigenvalue weighted by molar-refractivity contribution is -0.114. The number of ether oxygens (including phenoxy) is 1. The number of amides is 1. The summed E-state index contributed by atoms with van der Waals surface area (Å²) in [5.41, 5.74) is 4.04. The van der Waals surface area contributed by atoms with Gasteiger partial charge in [-0.15, -0.1) is 0 Å². The molecule has 8 heteroatoms. The van der Waals surface area contributed by atoms with Gasteiger partial charge in [0.1, 0.15) is 12.4 Å². The zero-order valence-corrected chi connectivity index (χ0v) is 16.6. The molecule has 1 aromatic carbocycles. The molecule has 0 radical (unpaired) electrons. The fraction of sp³-hybridized carbons (Fsp3) is 0.421. The normalized spacial score (nSPS) is 11.2. The van der Waals surface area contributed by atoms with Crippen LogP contribution in [0.15, 0.2) is 29.3 Å². The summed E-state index contributed by atoms with van der Waals surface area (Å²) in [4.78, 5) is 15.3. The van der Waals surface area contributed by atoms with E-state index in [1.165, 1.54) is 12.5 Å². The molecule has 3 N–H and O–H groups in total. The van der Waals surface area contributed by atoms with Gasteiger partial charge in [0, 0.05) is 50.6 Å². The van der Waals surface area contributed by atoms with Crippen molar-refractivity contribution in [2.24, 2.45) is 12.0 Å². The second kappa shape index (κ2) is 9.61. The summed E-state index contributed by atoms with van der Waals surface area (Å²) in [5, 5.41) is 13.7. The maximum atomic E-state index is 11.1. The van der Waals surface area contributed by atoms with Gasteiger partial charge in [-0.25, -0.2) is 0 Å². The van der Waals surface area contributed by atoms with E-state index >= 15 is 0 Å². The largest absolute Gasteiger partial charge is 0.492 e. The van der Waals surface area contributed by atoms with Crippen molar-refractivity contribution >= 4 is 17.6 Å². The molecule has 2 rings (SSSR count). The lowest BCUT2D eigenvalue weighted by atomic mass is 10.2. The van der Waals surface area contributed by atoms with E-state index in [4.69, 9.17) is 4.74 Å². The summed E-state index contributed by atoms with van der Waals surface area (Å²) in [6.45, 7) is 7.25. The predicted molar refractivity (Wildman–Crippen MR) is 107 cm³/mol. The molecule has 0 spiro atoms. The Morgan fingerprint density at radius 1 is 1.30 bits per heavy atom. The maximum Gasteiger partial charge on any atom is 0.221 e. The predicted octanol–water partition coefficient (Wildman–Crippen LogP) is 1.74. The van der Waals surface area contributed by atoms with Gasteiger partial charge in [0.15, 0.2) is 5.96 Å². The lowest BCUT2D eigenvalue weighted by Crippen LogP contribution is -2.39. The van der Waals surface area contributed by atoms with Crippen molar-refractivity contribution < 1.29 is 9.53 Å². The third-order valence-electron chi connectivity index (χ3n) is 4.13. The average Bonchev–Trinajstić information content (AvgIpc) is 2.86. The highest BCUT2D eigenvalue weighted by molar-refractivity contribution is 5.88. The fourth-order valence-electron chi connectivity index (χ4n) is 2.67. The van der Waals surface area contributed by atoms with Gasteiger partial charge in [-0.3, -0.25) is 14.5 Å². The van der Waals surface area contributed by atoms with E-state index in [0.29, 0.717) is 37.1 Å². The summed E-state index contributed by atoms with van der Waals surface area (Å²) in [6, 6.07) is 7.31. The van der Waals surface area contributed by atoms with E-state index in [2.05, 4.69) is 33.0 Å². The molecule has 2 aromatic rings. The first-order chi connectivity index (χ1) is 12.9. The zero-order valence-electron chi connectivity index (χ0n) is 16.6. The van der Waals surface area contributed by atoms with Crippen molar-refractivity contribution in [3.63, 3.8) is 0 Å². The van der Waals surface area contributed by atoms with Crippen molar-refractivity contribution in [3.8, 4) is 5.75 Å². The Morgan fingerprint density at radius 2 is 2.07 bits per heavy atom. The number of carbonyl (C=O) groups is 1. The first-order valence-corrected chi connectivity index (χ1v) is 8.84. The van der Waals surface area contributed by atoms with Gasteiger partial charge in [0.25, 0.3) is 0 Å². The van der Waals surface area contributed by atoms with E-state index in [0.717, 1.165) is 11.4 Å². The molecule has 0 atom stereocenters. The smallest absolute Gasteiger partial charge is 0.221 e. The SMILES string of the molecule is CN=C(NCCOc1cccc(NC(C)=O)c1)NCc1c(C)nn(C)c1C. The van der Waals surface area contributed by atoms with Crippen LogP contribution >= 0.6 is 0 Å². The van der Waals surface area contributed by atoms with Crippen molar-refractivity contribution in [2.45, 2.75) is 27.3 Å². The second-order valence-corrected chi connectivity index (χ2v) is 6.18. The number of rotatable bonds is 7. The van der Waals surface area contributed by atoms with Crippen LogP contribution in [0.5, 0.6) is 5.75 Å². The van der Waals surface area contributed by atoms with E-state index in [1.54, 1.807) is 13.1 Å². The van der Waals surface area contributed by atoms with Crippen LogP contribution in [0.2, 0.25) is 0 Å². The van der Waals surface area contributed by atoms with Gasteiger partial charge >= 0.3 is 0 Å². The number of guanidine groups is 1. The molecule has 0 aliphatic carbocycles. The molecule has 0 aliphatic heterocycles. The summed E-state index contributed by atoms with van der Waals surface area (Å²) < 4.78 is 7.60. The molecule has 1 amide bonds. The molecule has 0 unspecified atom stereocenters. The second-order valence-electron chi connectivity index (χ2n) is 6.18. The molecule has 0 bridgehead atoms. The number of anilines is 1. The molecule has 1 heterocycles. The highest BCUT2D eigenvalue weighted by atomic mass is 16.5. The Balaban J connectivity index is 1.77. The number of carbonyl (C=O) groups excluding carboxylic acids is 1. The number of hydrogen-bond acceptors (Lipinski definition) is 4. The Bertz CT molecular complexity index is 813. The Labute approximate surface area is 160 Å². The highest BCUT2D eigenvalue weighted by Gasteiger charge is 2.09. The van der Waals surface area contributed by atoms with Gasteiger partial charge in [-0.05, 0) is 26.0 Å². The minimum atomic E-state index is -0.109. The van der Waals surface area contributed by atoms with E-state index in [1.807, 2.05) is 36.9 Å². The number of aliphatic imine (C=N–C) groups is 1. The molecule has 8 nitrogen and oxygen atoms in total. The maximum absolute atomic E-state index is 11.1. The van der Waals surface area contributed by atoms with Gasteiger partial charge in [0.2, 0.25) is 5.91 Å². The van der Waals surface area contributed by atoms with Crippen LogP contribution in [-0.2, 0) is 18.4 Å². The lowest BCUT2D eigenvalue weighted by Gasteiger charge is -2.13. The molecule has 146 valence electrons. The summed E-state index contributed by atoms with van der Waals surface area (Å²) in [5.74, 6) is 1.30. The van der Waals surface area contributed by atoms with E-state index in [-0.39, 0.29) is 5.91 Å². The van der Waals surface area contributed by atoms with Crippen LogP contribution in [0.3, 0.4) is 0 Å². The van der Waals surface area contributed by atoms with Gasteiger partial charge < -0.3 is 20.7 Å². The van der Waals surface area contributed by atoms with Crippen LogP contribution in [0.25, 0.3) is 0 Å². The molecule has 0 fully saturated rings. The van der Waals surface area contributed by atoms with Crippen molar-refractivity contribution in [3.05, 3.63) is 41.2 Å². The highest BCUT2D eigenvalue weighted by Crippen LogP contribution is 2.17. The first kappa shape index (κ1) is 20.3. The van der Waals surface area contributed by atoms with Gasteiger partial charge in [-0.2, -0.15) is 5.10 Å². The number of benzene rings is 1. The molecule has 27 heavy (non-hydrogen) atoms. The monoisotopic (exact) mass is 372 g/mol. The third-order valence-corrected chi connectivity index (χ3v) is 4.13. The van der Waals surface area contributed by atoms with Gasteiger partial charge in [-0.1, -0.05) is 6.07 Å². The number of nitrogens with one attached hydrogen (secondary N) is 3. The third kappa shape index (κ3) is 6.02. The van der Waals surface area contributed by atoms with Crippen molar-refractivity contribution in [2.75, 3.05) is 25.5 Å². The summed E-state index contributed by atoms with van der Waals surface area (Å²) >= 11 is 0. The minimum Gasteiger partial charge on any atom is -0.492 e. The number of nitrogens with zero attached hydrogens (tertiary/aromatic N) is 3. The van der Waals surface area contributed by atoms with Crippen molar-refractivity contribution in [1.29, 1.82) is 0 Å². The molecule has 0 saturated carbocycles. The minimum absolute atomic E-state index is 0.109. The molecule has 1 aromatic heterocycles. The van der Waals surface area contributed by atoms with E-state index in [9.17, 15) is 4.79 Å². The summed E-state index contributed by atoms with van der Waals surface area (Å²) in [7, 11) is 3.67. The summed E-state index contributed by atoms with van der Waals surface area (Å²) in [6.07, 6.45) is 0. The van der Waals surface area contributed by atoms with Gasteiger partial charge in [0.05, 0.1) is 12.2 Å². The fourth-order valence-corrected chi connectivity index (χ4v) is 2.67. The van der Waals surface area contributed by atoms with Crippen LogP contribution in [0, 0.1) is 13.8 Å². The standard InChI is InChI=1S/C19H28N6O2/c1-13-18(14(2)25(5)24-13)12-22-19(20-4)21-9-10-27-17-8-6-7-16(11-17)23-15(3)26/h6-8,11H,9-10,12H2,1-5H3,(H,23,26)(H2,20,21,22). The Hall–Kier alpha value is -3.03. The molecule has 0 saturated heterocycles. The average molecular weight is 372 g/mol. The Morgan fingerprint density at radius 3 is 2.70 bits per heavy atom. The van der Waals surface area contributed by atoms with Crippen LogP contribution < -0.4 is 20.7 Å². The van der Waals surface area contributed by atoms with Crippen LogP contribution in [-0.4, -0.2) is 41.8 Å². The van der Waals surface area contributed by atoms with Crippen LogP contribution in [0.4, 0.5) is 5.69 Å². The first-order valence-electron chi connectivity index (χ1n) is 8.84. The number of aryl methyl sites for hydroxylation is 2. The van der Waals surface area contributed by atoms with E-state index < -0.39 is 0 Å².